The second kappa shape index (κ2) is 11.4. The van der Waals surface area contributed by atoms with Crippen molar-refractivity contribution >= 4 is 67.7 Å². The Bertz CT molecular complexity index is 2670. The van der Waals surface area contributed by atoms with Crippen LogP contribution < -0.4 is 20.9 Å². The molecule has 6 heteroatoms. The fourth-order valence-electron chi connectivity index (χ4n) is 6.63. The van der Waals surface area contributed by atoms with Gasteiger partial charge >= 0.3 is 11.9 Å². The number of benzene rings is 6. The first kappa shape index (κ1) is 29.0. The van der Waals surface area contributed by atoms with Crippen molar-refractivity contribution in [1.82, 2.24) is 0 Å². The van der Waals surface area contributed by atoms with E-state index in [9.17, 15) is 19.2 Å². The number of carbonyl (C=O) groups is 4. The summed E-state index contributed by atoms with van der Waals surface area (Å²) in [6.07, 6.45) is 0.648. The third-order valence-corrected chi connectivity index (χ3v) is 8.97. The number of ketones is 2. The van der Waals surface area contributed by atoms with Gasteiger partial charge < -0.3 is 9.47 Å². The SMILES string of the molecule is CCc1ccc2c(c1)=C(OC(=O)c1cccc3ccccc13)C(=O)C1=c3ccccc3=C(OC(=O)c3cccc4ccccc34)C(=O)C=21. The summed E-state index contributed by atoms with van der Waals surface area (Å²) in [4.78, 5) is 56.5. The quantitative estimate of drug-likeness (QED) is 0.259. The molecule has 230 valence electrons. The Balaban J connectivity index is 1.33. The molecule has 0 spiro atoms. The van der Waals surface area contributed by atoms with Crippen LogP contribution in [-0.4, -0.2) is 23.5 Å². The molecule has 0 fully saturated rings. The number of ether oxygens (including phenoxy) is 2. The fraction of sp³-hybridized carbons (Fsp3) is 0.0476. The molecule has 0 radical (unpaired) electrons. The monoisotopic (exact) mass is 626 g/mol. The van der Waals surface area contributed by atoms with E-state index in [0.29, 0.717) is 49.2 Å². The van der Waals surface area contributed by atoms with Crippen LogP contribution in [0.15, 0.2) is 127 Å². The van der Waals surface area contributed by atoms with E-state index in [2.05, 4.69) is 0 Å². The molecular formula is C42H26O6. The van der Waals surface area contributed by atoms with Crippen molar-refractivity contribution in [3.8, 4) is 0 Å². The highest BCUT2D eigenvalue weighted by Gasteiger charge is 2.37. The van der Waals surface area contributed by atoms with Crippen LogP contribution in [0.2, 0.25) is 0 Å². The summed E-state index contributed by atoms with van der Waals surface area (Å²) >= 11 is 0. The zero-order valence-corrected chi connectivity index (χ0v) is 25.8. The zero-order valence-electron chi connectivity index (χ0n) is 25.8. The fourth-order valence-corrected chi connectivity index (χ4v) is 6.63. The molecule has 2 aliphatic rings. The molecule has 2 aliphatic carbocycles. The van der Waals surface area contributed by atoms with Crippen LogP contribution in [0, 0.1) is 0 Å². The summed E-state index contributed by atoms with van der Waals surface area (Å²) < 4.78 is 12.0. The van der Waals surface area contributed by atoms with Gasteiger partial charge in [-0.25, -0.2) is 9.59 Å². The summed E-state index contributed by atoms with van der Waals surface area (Å²) in [5.74, 6) is -2.89. The predicted molar refractivity (Wildman–Crippen MR) is 183 cm³/mol. The summed E-state index contributed by atoms with van der Waals surface area (Å²) in [6, 6.07) is 37.8. The summed E-state index contributed by atoms with van der Waals surface area (Å²) in [5.41, 5.74) is 1.71. The van der Waals surface area contributed by atoms with Gasteiger partial charge in [0, 0.05) is 21.6 Å². The molecular weight excluding hydrogens is 600 g/mol. The number of rotatable bonds is 5. The Kier molecular flexibility index (Phi) is 6.92. The molecule has 6 aromatic rings. The summed E-state index contributed by atoms with van der Waals surface area (Å²) in [7, 11) is 0. The minimum absolute atomic E-state index is 0.0954. The lowest BCUT2D eigenvalue weighted by atomic mass is 9.83. The average Bonchev–Trinajstić information content (AvgIpc) is 3.13. The van der Waals surface area contributed by atoms with Gasteiger partial charge in [-0.15, -0.1) is 0 Å². The van der Waals surface area contributed by atoms with Crippen molar-refractivity contribution in [3.05, 3.63) is 165 Å². The maximum absolute atomic E-state index is 14.5. The van der Waals surface area contributed by atoms with E-state index in [4.69, 9.17) is 9.47 Å². The van der Waals surface area contributed by atoms with Crippen LogP contribution >= 0.6 is 0 Å². The normalized spacial score (nSPS) is 13.7. The van der Waals surface area contributed by atoms with E-state index < -0.39 is 23.5 Å². The number of esters is 2. The molecule has 0 saturated carbocycles. The van der Waals surface area contributed by atoms with E-state index in [1.807, 2.05) is 73.7 Å². The number of hydrogen-bond acceptors (Lipinski definition) is 6. The topological polar surface area (TPSA) is 86.7 Å². The Hall–Kier alpha value is -6.40. The Labute approximate surface area is 274 Å². The van der Waals surface area contributed by atoms with Crippen molar-refractivity contribution in [2.24, 2.45) is 0 Å². The van der Waals surface area contributed by atoms with Crippen molar-refractivity contribution in [2.75, 3.05) is 0 Å². The van der Waals surface area contributed by atoms with E-state index in [1.165, 1.54) is 0 Å². The average molecular weight is 627 g/mol. The highest BCUT2D eigenvalue weighted by molar-refractivity contribution is 6.58. The third kappa shape index (κ3) is 4.57. The molecule has 48 heavy (non-hydrogen) atoms. The smallest absolute Gasteiger partial charge is 0.344 e. The van der Waals surface area contributed by atoms with Crippen molar-refractivity contribution in [2.45, 2.75) is 13.3 Å². The number of fused-ring (bicyclic) bond motifs is 5. The van der Waals surface area contributed by atoms with E-state index >= 15 is 0 Å². The molecule has 8 rings (SSSR count). The first-order valence-electron chi connectivity index (χ1n) is 15.7. The van der Waals surface area contributed by atoms with E-state index in [0.717, 1.165) is 16.3 Å². The van der Waals surface area contributed by atoms with Gasteiger partial charge in [-0.05, 0) is 62.2 Å². The van der Waals surface area contributed by atoms with Crippen molar-refractivity contribution < 1.29 is 28.7 Å². The van der Waals surface area contributed by atoms with Crippen LogP contribution in [0.3, 0.4) is 0 Å². The second-order valence-electron chi connectivity index (χ2n) is 11.7. The lowest BCUT2D eigenvalue weighted by molar-refractivity contribution is -0.112. The largest absolute Gasteiger partial charge is 0.418 e. The standard InChI is InChI=1S/C42H26O6/c1-2-24-21-22-30-34(23-24)40(48-42(46)33-20-10-14-26-12-4-6-16-28(26)33)38(44)35-29-17-7-8-18-31(29)39(37(43)36(30)35)47-41(45)32-19-9-13-25-11-3-5-15-27(25)32/h3-23H,2H2,1H3. The predicted octanol–water partition coefficient (Wildman–Crippen LogP) is 4.65. The van der Waals surface area contributed by atoms with Crippen LogP contribution in [0.1, 0.15) is 33.2 Å². The highest BCUT2D eigenvalue weighted by atomic mass is 16.5. The molecule has 0 aromatic heterocycles. The van der Waals surface area contributed by atoms with Crippen LogP contribution in [0.5, 0.6) is 0 Å². The second-order valence-corrected chi connectivity index (χ2v) is 11.7. The number of hydrogen-bond donors (Lipinski definition) is 0. The Morgan fingerprint density at radius 3 is 1.52 bits per heavy atom. The van der Waals surface area contributed by atoms with Crippen molar-refractivity contribution in [1.29, 1.82) is 0 Å². The van der Waals surface area contributed by atoms with Crippen LogP contribution in [-0.2, 0) is 25.5 Å². The first-order chi connectivity index (χ1) is 23.4. The Morgan fingerprint density at radius 1 is 0.500 bits per heavy atom. The molecule has 0 atom stereocenters. The molecule has 0 N–H and O–H groups in total. The highest BCUT2D eigenvalue weighted by Crippen LogP contribution is 2.28. The van der Waals surface area contributed by atoms with Crippen LogP contribution in [0.4, 0.5) is 0 Å². The first-order valence-corrected chi connectivity index (χ1v) is 15.7. The van der Waals surface area contributed by atoms with Gasteiger partial charge in [-0.3, -0.25) is 9.59 Å². The molecule has 6 aromatic carbocycles. The lowest BCUT2D eigenvalue weighted by Crippen LogP contribution is -2.48. The minimum atomic E-state index is -0.686. The van der Waals surface area contributed by atoms with Gasteiger partial charge in [0.05, 0.1) is 11.1 Å². The molecule has 0 aliphatic heterocycles. The minimum Gasteiger partial charge on any atom is -0.418 e. The maximum atomic E-state index is 14.5. The molecule has 0 unspecified atom stereocenters. The van der Waals surface area contributed by atoms with Gasteiger partial charge in [0.1, 0.15) is 0 Å². The van der Waals surface area contributed by atoms with Crippen LogP contribution in [0.25, 0.3) is 44.2 Å². The molecule has 0 bridgehead atoms. The van der Waals surface area contributed by atoms with Gasteiger partial charge in [0.2, 0.25) is 11.6 Å². The Morgan fingerprint density at radius 2 is 0.958 bits per heavy atom. The summed E-state index contributed by atoms with van der Waals surface area (Å²) in [6.45, 7) is 1.97. The number of carbonyl (C=O) groups excluding carboxylic acids is 4. The third-order valence-electron chi connectivity index (χ3n) is 8.97. The van der Waals surface area contributed by atoms with Gasteiger partial charge in [0.15, 0.2) is 11.5 Å². The molecule has 0 saturated heterocycles. The van der Waals surface area contributed by atoms with Gasteiger partial charge in [-0.1, -0.05) is 116 Å². The molecule has 0 amide bonds. The van der Waals surface area contributed by atoms with Gasteiger partial charge in [-0.2, -0.15) is 0 Å². The van der Waals surface area contributed by atoms with E-state index in [-0.39, 0.29) is 22.7 Å². The molecule has 0 heterocycles. The molecule has 6 nitrogen and oxygen atoms in total. The number of aryl methyl sites for hydroxylation is 1. The number of Topliss-reactive ketones (excluding diaryl/α,β-unsaturated/α-hetero) is 2. The maximum Gasteiger partial charge on any atom is 0.344 e. The zero-order chi connectivity index (χ0) is 32.9. The lowest BCUT2D eigenvalue weighted by Gasteiger charge is -2.23. The summed E-state index contributed by atoms with van der Waals surface area (Å²) in [5, 5.41) is 4.56. The van der Waals surface area contributed by atoms with E-state index in [1.54, 1.807) is 60.7 Å². The van der Waals surface area contributed by atoms with Crippen molar-refractivity contribution in [3.63, 3.8) is 0 Å². The van der Waals surface area contributed by atoms with Gasteiger partial charge in [0.25, 0.3) is 0 Å².